The van der Waals surface area contributed by atoms with Gasteiger partial charge in [0.1, 0.15) is 0 Å². The Morgan fingerprint density at radius 2 is 1.69 bits per heavy atom. The fraction of sp³-hybridized carbons (Fsp3) is 0.600. The Morgan fingerprint density at radius 1 is 1.08 bits per heavy atom. The first-order chi connectivity index (χ1) is 6.06. The van der Waals surface area contributed by atoms with Gasteiger partial charge in [0, 0.05) is 0 Å². The van der Waals surface area contributed by atoms with Crippen LogP contribution in [0.15, 0.2) is 24.8 Å². The summed E-state index contributed by atoms with van der Waals surface area (Å²) in [7, 11) is -1.34. The third-order valence-corrected chi connectivity index (χ3v) is 2.26. The van der Waals surface area contributed by atoms with E-state index in [9.17, 15) is 0 Å². The van der Waals surface area contributed by atoms with Gasteiger partial charge in [0.25, 0.3) is 0 Å². The van der Waals surface area contributed by atoms with Crippen molar-refractivity contribution in [3.05, 3.63) is 24.8 Å². The van der Waals surface area contributed by atoms with Gasteiger partial charge in [-0.1, -0.05) is 18.2 Å². The standard InChI is InChI=1S/C10H20O2Si/c1-5-8-11-9-6-7-10-12-13(2,3)4/h5-7H,1,8-10H2,2-4H3/b7-6-. The molecule has 76 valence electrons. The quantitative estimate of drug-likeness (QED) is 0.357. The van der Waals surface area contributed by atoms with Crippen LogP contribution in [0.5, 0.6) is 0 Å². The zero-order valence-corrected chi connectivity index (χ0v) is 9.88. The Morgan fingerprint density at radius 3 is 2.23 bits per heavy atom. The molecule has 0 heterocycles. The van der Waals surface area contributed by atoms with Crippen molar-refractivity contribution in [3.8, 4) is 0 Å². The Hall–Kier alpha value is -0.383. The minimum atomic E-state index is -1.34. The minimum Gasteiger partial charge on any atom is -0.414 e. The van der Waals surface area contributed by atoms with Crippen LogP contribution in [0.25, 0.3) is 0 Å². The summed E-state index contributed by atoms with van der Waals surface area (Å²) in [4.78, 5) is 0. The van der Waals surface area contributed by atoms with Crippen molar-refractivity contribution in [1.82, 2.24) is 0 Å². The SMILES string of the molecule is C=CCOC/C=C\CO[Si](C)(C)C. The number of hydrogen-bond acceptors (Lipinski definition) is 2. The molecule has 0 aliphatic rings. The van der Waals surface area contributed by atoms with E-state index in [0.717, 1.165) is 0 Å². The monoisotopic (exact) mass is 200 g/mol. The second kappa shape index (κ2) is 7.06. The van der Waals surface area contributed by atoms with E-state index < -0.39 is 8.32 Å². The molecule has 3 heteroatoms. The third kappa shape index (κ3) is 11.6. The van der Waals surface area contributed by atoms with Crippen molar-refractivity contribution in [1.29, 1.82) is 0 Å². The number of hydrogen-bond donors (Lipinski definition) is 0. The van der Waals surface area contributed by atoms with Gasteiger partial charge in [-0.25, -0.2) is 0 Å². The van der Waals surface area contributed by atoms with Gasteiger partial charge in [0.2, 0.25) is 0 Å². The molecule has 0 aliphatic carbocycles. The van der Waals surface area contributed by atoms with E-state index in [1.807, 2.05) is 12.2 Å². The van der Waals surface area contributed by atoms with Gasteiger partial charge >= 0.3 is 0 Å². The molecule has 0 aromatic carbocycles. The van der Waals surface area contributed by atoms with Gasteiger partial charge < -0.3 is 9.16 Å². The van der Waals surface area contributed by atoms with E-state index in [1.165, 1.54) is 0 Å². The van der Waals surface area contributed by atoms with E-state index in [-0.39, 0.29) is 0 Å². The van der Waals surface area contributed by atoms with Crippen LogP contribution in [0.2, 0.25) is 19.6 Å². The lowest BCUT2D eigenvalue weighted by molar-refractivity contribution is 0.193. The summed E-state index contributed by atoms with van der Waals surface area (Å²) in [5.74, 6) is 0. The predicted octanol–water partition coefficient (Wildman–Crippen LogP) is 2.60. The minimum absolute atomic E-state index is 0.610. The average Bonchev–Trinajstić information content (AvgIpc) is 2.01. The second-order valence-corrected chi connectivity index (χ2v) is 8.23. The van der Waals surface area contributed by atoms with Crippen molar-refractivity contribution in [2.45, 2.75) is 19.6 Å². The molecule has 0 aromatic rings. The Labute approximate surface area is 82.4 Å². The number of ether oxygens (including phenoxy) is 1. The lowest BCUT2D eigenvalue weighted by Gasteiger charge is -2.14. The van der Waals surface area contributed by atoms with Crippen molar-refractivity contribution in [2.24, 2.45) is 0 Å². The van der Waals surface area contributed by atoms with Crippen molar-refractivity contribution in [3.63, 3.8) is 0 Å². The molecule has 0 bridgehead atoms. The molecule has 0 rings (SSSR count). The molecule has 0 radical (unpaired) electrons. The molecule has 0 aromatic heterocycles. The Bertz CT molecular complexity index is 159. The molecule has 0 saturated carbocycles. The molecule has 0 atom stereocenters. The molecule has 2 nitrogen and oxygen atoms in total. The smallest absolute Gasteiger partial charge is 0.184 e. The predicted molar refractivity (Wildman–Crippen MR) is 59.5 cm³/mol. The van der Waals surface area contributed by atoms with Gasteiger partial charge in [-0.05, 0) is 19.6 Å². The van der Waals surface area contributed by atoms with E-state index in [0.29, 0.717) is 19.8 Å². The Balaban J connectivity index is 3.27. The molecule has 0 saturated heterocycles. The zero-order chi connectivity index (χ0) is 10.2. The van der Waals surface area contributed by atoms with Crippen LogP contribution in [-0.2, 0) is 9.16 Å². The summed E-state index contributed by atoms with van der Waals surface area (Å²) in [6, 6.07) is 0. The van der Waals surface area contributed by atoms with Gasteiger partial charge in [-0.2, -0.15) is 0 Å². The molecular formula is C10H20O2Si. The molecule has 0 unspecified atom stereocenters. The first kappa shape index (κ1) is 12.6. The van der Waals surface area contributed by atoms with Gasteiger partial charge in [-0.15, -0.1) is 6.58 Å². The molecule has 0 spiro atoms. The lowest BCUT2D eigenvalue weighted by Crippen LogP contribution is -2.25. The summed E-state index contributed by atoms with van der Waals surface area (Å²) in [5, 5.41) is 0. The van der Waals surface area contributed by atoms with Crippen molar-refractivity contribution < 1.29 is 9.16 Å². The van der Waals surface area contributed by atoms with Crippen LogP contribution in [0.4, 0.5) is 0 Å². The van der Waals surface area contributed by atoms with Crippen molar-refractivity contribution in [2.75, 3.05) is 19.8 Å². The maximum atomic E-state index is 5.61. The summed E-state index contributed by atoms with van der Waals surface area (Å²) < 4.78 is 10.8. The van der Waals surface area contributed by atoms with Crippen LogP contribution in [-0.4, -0.2) is 28.1 Å². The summed E-state index contributed by atoms with van der Waals surface area (Å²) in [6.45, 7) is 12.0. The fourth-order valence-corrected chi connectivity index (χ4v) is 1.25. The first-order valence-electron chi connectivity index (χ1n) is 4.54. The van der Waals surface area contributed by atoms with Gasteiger partial charge in [0.05, 0.1) is 19.8 Å². The lowest BCUT2D eigenvalue weighted by atomic mass is 10.5. The van der Waals surface area contributed by atoms with Crippen molar-refractivity contribution >= 4 is 8.32 Å². The highest BCUT2D eigenvalue weighted by atomic mass is 28.4. The van der Waals surface area contributed by atoms with Gasteiger partial charge in [-0.3, -0.25) is 0 Å². The Kier molecular flexibility index (Phi) is 6.85. The van der Waals surface area contributed by atoms with Crippen LogP contribution in [0, 0.1) is 0 Å². The van der Waals surface area contributed by atoms with E-state index in [4.69, 9.17) is 9.16 Å². The van der Waals surface area contributed by atoms with E-state index >= 15 is 0 Å². The van der Waals surface area contributed by atoms with Crippen LogP contribution in [0.1, 0.15) is 0 Å². The highest BCUT2D eigenvalue weighted by Gasteiger charge is 2.11. The molecule has 0 N–H and O–H groups in total. The normalized spacial score (nSPS) is 12.2. The molecule has 0 amide bonds. The van der Waals surface area contributed by atoms with Crippen LogP contribution < -0.4 is 0 Å². The van der Waals surface area contributed by atoms with Crippen LogP contribution in [0.3, 0.4) is 0 Å². The summed E-state index contributed by atoms with van der Waals surface area (Å²) >= 11 is 0. The molecule has 0 fully saturated rings. The largest absolute Gasteiger partial charge is 0.414 e. The topological polar surface area (TPSA) is 18.5 Å². The summed E-state index contributed by atoms with van der Waals surface area (Å²) in [5.41, 5.74) is 0. The summed E-state index contributed by atoms with van der Waals surface area (Å²) in [6.07, 6.45) is 5.72. The number of rotatable bonds is 7. The second-order valence-electron chi connectivity index (χ2n) is 3.72. The third-order valence-electron chi connectivity index (χ3n) is 1.23. The maximum Gasteiger partial charge on any atom is 0.184 e. The first-order valence-corrected chi connectivity index (χ1v) is 7.94. The molecule has 13 heavy (non-hydrogen) atoms. The average molecular weight is 200 g/mol. The fourth-order valence-electron chi connectivity index (χ4n) is 0.654. The van der Waals surface area contributed by atoms with Gasteiger partial charge in [0.15, 0.2) is 8.32 Å². The molecule has 0 aliphatic heterocycles. The highest BCUT2D eigenvalue weighted by Crippen LogP contribution is 2.01. The highest BCUT2D eigenvalue weighted by molar-refractivity contribution is 6.69. The zero-order valence-electron chi connectivity index (χ0n) is 8.88. The maximum absolute atomic E-state index is 5.61. The molecular weight excluding hydrogens is 180 g/mol. The van der Waals surface area contributed by atoms with E-state index in [2.05, 4.69) is 26.2 Å². The van der Waals surface area contributed by atoms with E-state index in [1.54, 1.807) is 6.08 Å². The van der Waals surface area contributed by atoms with Crippen LogP contribution >= 0.6 is 0 Å².